The lowest BCUT2D eigenvalue weighted by atomic mass is 9.70. The summed E-state index contributed by atoms with van der Waals surface area (Å²) in [7, 11) is 6.20. The fourth-order valence-electron chi connectivity index (χ4n) is 4.17. The minimum absolute atomic E-state index is 0.0220. The molecule has 3 atom stereocenters. The second-order valence-corrected chi connectivity index (χ2v) is 8.28. The molecule has 2 heterocycles. The zero-order chi connectivity index (χ0) is 18.2. The molecule has 0 saturated carbocycles. The van der Waals surface area contributed by atoms with Crippen LogP contribution in [0.2, 0.25) is 0 Å². The van der Waals surface area contributed by atoms with Gasteiger partial charge in [0.1, 0.15) is 11.9 Å². The van der Waals surface area contributed by atoms with Gasteiger partial charge in [-0.25, -0.2) is 0 Å². The third-order valence-corrected chi connectivity index (χ3v) is 5.84. The number of likely N-dealkylation sites (tertiary alicyclic amines) is 1. The number of nitrogens with one attached hydrogen (secondary N) is 1. The van der Waals surface area contributed by atoms with Crippen molar-refractivity contribution in [1.82, 2.24) is 15.1 Å². The fraction of sp³-hybridized carbons (Fsp3) is 0.737. The number of piperidine rings is 1. The number of allylic oxidation sites excluding steroid dienone is 2. The number of nitrogens with two attached hydrogens (primary N) is 1. The number of ether oxygens (including phenoxy) is 1. The summed E-state index contributed by atoms with van der Waals surface area (Å²) in [5, 5.41) is 3.29. The molecule has 0 spiro atoms. The van der Waals surface area contributed by atoms with Crippen LogP contribution in [0.3, 0.4) is 0 Å². The number of hydrogen-bond acceptors (Lipinski definition) is 5. The summed E-state index contributed by atoms with van der Waals surface area (Å²) in [5.74, 6) is 0.923. The van der Waals surface area contributed by atoms with E-state index in [1.165, 1.54) is 0 Å². The molecule has 6 heteroatoms. The Morgan fingerprint density at radius 2 is 2.12 bits per heavy atom. The standard InChI is InChI=1S/C19H32N4O2/c1-19(18(24)21-13-6-9-23(4)10-7-13)8-5-16(20)17-15(19)11-14(25-17)12-22(2)3/h5,8,13-15H,6-7,9-12,20H2,1-4H3,(H,21,24). The summed E-state index contributed by atoms with van der Waals surface area (Å²) >= 11 is 0. The number of nitrogens with zero attached hydrogens (tertiary/aromatic N) is 2. The minimum atomic E-state index is -0.595. The van der Waals surface area contributed by atoms with Crippen LogP contribution in [0.25, 0.3) is 0 Å². The molecule has 25 heavy (non-hydrogen) atoms. The van der Waals surface area contributed by atoms with E-state index in [1.54, 1.807) is 0 Å². The van der Waals surface area contributed by atoms with Crippen molar-refractivity contribution in [2.75, 3.05) is 40.8 Å². The molecular weight excluding hydrogens is 316 g/mol. The lowest BCUT2D eigenvalue weighted by molar-refractivity contribution is -0.130. The molecule has 3 aliphatic rings. The van der Waals surface area contributed by atoms with Crippen molar-refractivity contribution in [1.29, 1.82) is 0 Å². The number of carbonyl (C=O) groups is 1. The van der Waals surface area contributed by atoms with E-state index in [0.717, 1.165) is 44.7 Å². The van der Waals surface area contributed by atoms with E-state index in [9.17, 15) is 4.79 Å². The zero-order valence-electron chi connectivity index (χ0n) is 15.9. The molecule has 1 amide bonds. The summed E-state index contributed by atoms with van der Waals surface area (Å²) in [6.45, 7) is 4.92. The predicted octanol–water partition coefficient (Wildman–Crippen LogP) is 0.910. The molecule has 3 rings (SSSR count). The van der Waals surface area contributed by atoms with Crippen LogP contribution in [0.1, 0.15) is 26.2 Å². The molecule has 0 aromatic rings. The second kappa shape index (κ2) is 7.00. The summed E-state index contributed by atoms with van der Waals surface area (Å²) in [5.41, 5.74) is 6.22. The SMILES string of the molecule is CN(C)CC1CC2C(=C(N)C=CC2(C)C(=O)NC2CCN(C)CC2)O1. The average molecular weight is 348 g/mol. The van der Waals surface area contributed by atoms with Gasteiger partial charge in [0.25, 0.3) is 0 Å². The average Bonchev–Trinajstić information content (AvgIpc) is 2.98. The van der Waals surface area contributed by atoms with E-state index >= 15 is 0 Å². The van der Waals surface area contributed by atoms with Crippen LogP contribution in [0.5, 0.6) is 0 Å². The lowest BCUT2D eigenvalue weighted by Crippen LogP contribution is -2.50. The number of likely N-dealkylation sites (N-methyl/N-ethyl adjacent to an activating group) is 1. The van der Waals surface area contributed by atoms with E-state index in [0.29, 0.717) is 5.70 Å². The maximum Gasteiger partial charge on any atom is 0.230 e. The highest BCUT2D eigenvalue weighted by atomic mass is 16.5. The first-order valence-electron chi connectivity index (χ1n) is 9.29. The molecule has 2 fully saturated rings. The smallest absolute Gasteiger partial charge is 0.230 e. The van der Waals surface area contributed by atoms with Gasteiger partial charge in [-0.15, -0.1) is 0 Å². The first kappa shape index (κ1) is 18.3. The largest absolute Gasteiger partial charge is 0.491 e. The van der Waals surface area contributed by atoms with Gasteiger partial charge in [0.15, 0.2) is 0 Å². The number of carbonyl (C=O) groups excluding carboxylic acids is 1. The maximum atomic E-state index is 13.1. The lowest BCUT2D eigenvalue weighted by Gasteiger charge is -2.37. The number of fused-ring (bicyclic) bond motifs is 1. The van der Waals surface area contributed by atoms with Crippen molar-refractivity contribution in [3.8, 4) is 0 Å². The Morgan fingerprint density at radius 3 is 2.76 bits per heavy atom. The van der Waals surface area contributed by atoms with Crippen molar-refractivity contribution < 1.29 is 9.53 Å². The van der Waals surface area contributed by atoms with Gasteiger partial charge in [0, 0.05) is 18.5 Å². The number of rotatable bonds is 4. The third kappa shape index (κ3) is 3.70. The molecule has 3 unspecified atom stereocenters. The van der Waals surface area contributed by atoms with Crippen LogP contribution in [0.15, 0.2) is 23.6 Å². The Morgan fingerprint density at radius 1 is 1.44 bits per heavy atom. The predicted molar refractivity (Wildman–Crippen MR) is 98.7 cm³/mol. The van der Waals surface area contributed by atoms with E-state index in [-0.39, 0.29) is 24.0 Å². The highest BCUT2D eigenvalue weighted by Crippen LogP contribution is 2.47. The van der Waals surface area contributed by atoms with Crippen molar-refractivity contribution >= 4 is 5.91 Å². The topological polar surface area (TPSA) is 70.8 Å². The summed E-state index contributed by atoms with van der Waals surface area (Å²) in [4.78, 5) is 17.6. The molecule has 0 aromatic carbocycles. The molecule has 1 aliphatic carbocycles. The van der Waals surface area contributed by atoms with Gasteiger partial charge in [-0.2, -0.15) is 0 Å². The molecule has 140 valence electrons. The van der Waals surface area contributed by atoms with Gasteiger partial charge in [0.05, 0.1) is 11.1 Å². The molecule has 0 bridgehead atoms. The van der Waals surface area contributed by atoms with Gasteiger partial charge >= 0.3 is 0 Å². The quantitative estimate of drug-likeness (QED) is 0.790. The molecule has 2 saturated heterocycles. The van der Waals surface area contributed by atoms with Gasteiger partial charge < -0.3 is 25.6 Å². The number of hydrogen-bond donors (Lipinski definition) is 2. The normalized spacial score (nSPS) is 33.5. The molecule has 2 aliphatic heterocycles. The van der Waals surface area contributed by atoms with Crippen molar-refractivity contribution in [2.45, 2.75) is 38.3 Å². The van der Waals surface area contributed by atoms with Crippen molar-refractivity contribution in [3.63, 3.8) is 0 Å². The Labute approximate surface area is 151 Å². The monoisotopic (exact) mass is 348 g/mol. The highest BCUT2D eigenvalue weighted by molar-refractivity contribution is 5.86. The summed E-state index contributed by atoms with van der Waals surface area (Å²) < 4.78 is 6.11. The van der Waals surface area contributed by atoms with Crippen LogP contribution >= 0.6 is 0 Å². The van der Waals surface area contributed by atoms with Crippen molar-refractivity contribution in [2.24, 2.45) is 17.1 Å². The van der Waals surface area contributed by atoms with E-state index in [1.807, 2.05) is 33.2 Å². The van der Waals surface area contributed by atoms with Crippen LogP contribution in [0, 0.1) is 11.3 Å². The molecule has 6 nitrogen and oxygen atoms in total. The van der Waals surface area contributed by atoms with Gasteiger partial charge in [-0.3, -0.25) is 4.79 Å². The molecule has 3 N–H and O–H groups in total. The van der Waals surface area contributed by atoms with Crippen LogP contribution < -0.4 is 11.1 Å². The van der Waals surface area contributed by atoms with Gasteiger partial charge in [0.2, 0.25) is 5.91 Å². The highest BCUT2D eigenvalue weighted by Gasteiger charge is 2.50. The summed E-state index contributed by atoms with van der Waals surface area (Å²) in [6, 6.07) is 0.264. The first-order chi connectivity index (χ1) is 11.8. The maximum absolute atomic E-state index is 13.1. The Bertz CT molecular complexity index is 578. The molecular formula is C19H32N4O2. The summed E-state index contributed by atoms with van der Waals surface area (Å²) in [6.07, 6.45) is 6.76. The number of amides is 1. The van der Waals surface area contributed by atoms with Crippen molar-refractivity contribution in [3.05, 3.63) is 23.6 Å². The van der Waals surface area contributed by atoms with Gasteiger partial charge in [-0.05, 0) is 66.5 Å². The fourth-order valence-corrected chi connectivity index (χ4v) is 4.17. The Kier molecular flexibility index (Phi) is 5.11. The Balaban J connectivity index is 1.72. The van der Waals surface area contributed by atoms with Crippen LogP contribution in [-0.2, 0) is 9.53 Å². The minimum Gasteiger partial charge on any atom is -0.491 e. The van der Waals surface area contributed by atoms with E-state index in [2.05, 4.69) is 22.2 Å². The first-order valence-corrected chi connectivity index (χ1v) is 9.29. The second-order valence-electron chi connectivity index (χ2n) is 8.28. The third-order valence-electron chi connectivity index (χ3n) is 5.84. The Hall–Kier alpha value is -1.53. The molecule has 0 radical (unpaired) electrons. The molecule has 0 aromatic heterocycles. The van der Waals surface area contributed by atoms with Crippen LogP contribution in [0.4, 0.5) is 0 Å². The zero-order valence-corrected chi connectivity index (χ0v) is 15.9. The van der Waals surface area contributed by atoms with E-state index in [4.69, 9.17) is 10.5 Å². The van der Waals surface area contributed by atoms with Crippen LogP contribution in [-0.4, -0.2) is 68.6 Å². The van der Waals surface area contributed by atoms with E-state index < -0.39 is 5.41 Å². The van der Waals surface area contributed by atoms with Gasteiger partial charge in [-0.1, -0.05) is 6.08 Å².